The van der Waals surface area contributed by atoms with Gasteiger partial charge in [-0.15, -0.1) is 0 Å². The highest BCUT2D eigenvalue weighted by Crippen LogP contribution is 2.41. The highest BCUT2D eigenvalue weighted by Gasteiger charge is 2.41. The van der Waals surface area contributed by atoms with E-state index in [1.54, 1.807) is 0 Å². The molecule has 1 heterocycles. The third-order valence-corrected chi connectivity index (χ3v) is 4.85. The zero-order chi connectivity index (χ0) is 14.9. The van der Waals surface area contributed by atoms with Gasteiger partial charge in [-0.3, -0.25) is 4.79 Å². The number of carbonyl (C=O) groups excluding carboxylic acids is 1. The van der Waals surface area contributed by atoms with Crippen LogP contribution in [0.3, 0.4) is 0 Å². The smallest absolute Gasteiger partial charge is 0.169 e. The summed E-state index contributed by atoms with van der Waals surface area (Å²) in [4.78, 5) is 12.5. The molecule has 21 heavy (non-hydrogen) atoms. The Morgan fingerprint density at radius 1 is 1.19 bits per heavy atom. The second kappa shape index (κ2) is 5.84. The Labute approximate surface area is 123 Å². The maximum Gasteiger partial charge on any atom is 0.169 e. The van der Waals surface area contributed by atoms with Crippen molar-refractivity contribution in [2.45, 2.75) is 50.5 Å². The molecule has 0 bridgehead atoms. The Bertz CT molecular complexity index is 530. The van der Waals surface area contributed by atoms with E-state index in [0.29, 0.717) is 19.4 Å². The lowest BCUT2D eigenvalue weighted by Gasteiger charge is -2.43. The molecule has 1 saturated carbocycles. The second-order valence-electron chi connectivity index (χ2n) is 6.25. The standard InChI is InChI=1S/C17H20F2O2/c18-14-6-4-5-13(15(14)19)16(20)12-7-10-21-17(11-12)8-2-1-3-9-17/h4-6,12H,1-3,7-11H2. The molecule has 1 atom stereocenters. The molecule has 2 fully saturated rings. The van der Waals surface area contributed by atoms with Crippen LogP contribution in [0.1, 0.15) is 55.3 Å². The fourth-order valence-electron chi connectivity index (χ4n) is 3.71. The Morgan fingerprint density at radius 3 is 2.71 bits per heavy atom. The summed E-state index contributed by atoms with van der Waals surface area (Å²) in [6, 6.07) is 3.81. The summed E-state index contributed by atoms with van der Waals surface area (Å²) in [5.74, 6) is -2.51. The van der Waals surface area contributed by atoms with Crippen LogP contribution in [0.5, 0.6) is 0 Å². The first-order valence-corrected chi connectivity index (χ1v) is 7.73. The van der Waals surface area contributed by atoms with Crippen molar-refractivity contribution in [2.24, 2.45) is 5.92 Å². The quantitative estimate of drug-likeness (QED) is 0.761. The minimum atomic E-state index is -1.02. The number of hydrogen-bond donors (Lipinski definition) is 0. The molecule has 0 radical (unpaired) electrons. The average molecular weight is 294 g/mol. The number of rotatable bonds is 2. The molecule has 1 aliphatic heterocycles. The zero-order valence-electron chi connectivity index (χ0n) is 12.0. The van der Waals surface area contributed by atoms with Gasteiger partial charge in [0.25, 0.3) is 0 Å². The van der Waals surface area contributed by atoms with Crippen molar-refractivity contribution in [2.75, 3.05) is 6.61 Å². The van der Waals surface area contributed by atoms with Gasteiger partial charge in [-0.2, -0.15) is 0 Å². The van der Waals surface area contributed by atoms with Gasteiger partial charge in [0.2, 0.25) is 0 Å². The Hall–Kier alpha value is -1.29. The maximum atomic E-state index is 13.8. The number of carbonyl (C=O) groups is 1. The van der Waals surface area contributed by atoms with Crippen LogP contribution in [0.4, 0.5) is 8.78 Å². The van der Waals surface area contributed by atoms with Gasteiger partial charge < -0.3 is 4.74 Å². The number of benzene rings is 1. The van der Waals surface area contributed by atoms with Crippen LogP contribution in [-0.2, 0) is 4.74 Å². The normalized spacial score (nSPS) is 25.0. The van der Waals surface area contributed by atoms with E-state index in [1.165, 1.54) is 18.6 Å². The first-order valence-electron chi connectivity index (χ1n) is 7.73. The molecule has 1 aromatic carbocycles. The van der Waals surface area contributed by atoms with Crippen LogP contribution in [0.2, 0.25) is 0 Å². The highest BCUT2D eigenvalue weighted by molar-refractivity contribution is 5.98. The van der Waals surface area contributed by atoms with Crippen LogP contribution >= 0.6 is 0 Å². The molecular formula is C17H20F2O2. The molecular weight excluding hydrogens is 274 g/mol. The van der Waals surface area contributed by atoms with Gasteiger partial charge >= 0.3 is 0 Å². The van der Waals surface area contributed by atoms with E-state index in [0.717, 1.165) is 31.7 Å². The molecule has 114 valence electrons. The monoisotopic (exact) mass is 294 g/mol. The molecule has 1 aliphatic carbocycles. The number of hydrogen-bond acceptors (Lipinski definition) is 2. The third-order valence-electron chi connectivity index (χ3n) is 4.85. The Kier molecular flexibility index (Phi) is 4.07. The molecule has 0 aromatic heterocycles. The summed E-state index contributed by atoms with van der Waals surface area (Å²) < 4.78 is 33.1. The third kappa shape index (κ3) is 2.86. The number of ketones is 1. The molecule has 1 aromatic rings. The lowest BCUT2D eigenvalue weighted by Crippen LogP contribution is -2.43. The number of ether oxygens (including phenoxy) is 1. The minimum Gasteiger partial charge on any atom is -0.375 e. The SMILES string of the molecule is O=C(c1cccc(F)c1F)C1CCOC2(CCCCC2)C1. The van der Waals surface area contributed by atoms with Crippen molar-refractivity contribution in [1.82, 2.24) is 0 Å². The molecule has 4 heteroatoms. The van der Waals surface area contributed by atoms with Crippen LogP contribution in [0, 0.1) is 17.6 Å². The molecule has 2 aliphatic rings. The van der Waals surface area contributed by atoms with Crippen molar-refractivity contribution in [1.29, 1.82) is 0 Å². The molecule has 1 spiro atoms. The average Bonchev–Trinajstić information content (AvgIpc) is 2.50. The van der Waals surface area contributed by atoms with Crippen LogP contribution in [0.15, 0.2) is 18.2 Å². The van der Waals surface area contributed by atoms with Crippen molar-refractivity contribution in [3.05, 3.63) is 35.4 Å². The molecule has 2 nitrogen and oxygen atoms in total. The van der Waals surface area contributed by atoms with Gasteiger partial charge in [-0.25, -0.2) is 8.78 Å². The zero-order valence-corrected chi connectivity index (χ0v) is 12.0. The van der Waals surface area contributed by atoms with Crippen molar-refractivity contribution >= 4 is 5.78 Å². The Morgan fingerprint density at radius 2 is 1.95 bits per heavy atom. The molecule has 1 saturated heterocycles. The Balaban J connectivity index is 1.79. The summed E-state index contributed by atoms with van der Waals surface area (Å²) in [6.45, 7) is 0.535. The van der Waals surface area contributed by atoms with Crippen molar-refractivity contribution in [3.8, 4) is 0 Å². The van der Waals surface area contributed by atoms with Gasteiger partial charge in [0.15, 0.2) is 17.4 Å². The molecule has 3 rings (SSSR count). The first kappa shape index (κ1) is 14.6. The van der Waals surface area contributed by atoms with E-state index < -0.39 is 11.6 Å². The van der Waals surface area contributed by atoms with Crippen LogP contribution < -0.4 is 0 Å². The van der Waals surface area contributed by atoms with E-state index >= 15 is 0 Å². The minimum absolute atomic E-state index is 0.118. The van der Waals surface area contributed by atoms with E-state index in [2.05, 4.69) is 0 Å². The van der Waals surface area contributed by atoms with Crippen molar-refractivity contribution < 1.29 is 18.3 Å². The van der Waals surface area contributed by atoms with Gasteiger partial charge in [-0.1, -0.05) is 25.3 Å². The van der Waals surface area contributed by atoms with E-state index in [-0.39, 0.29) is 22.9 Å². The van der Waals surface area contributed by atoms with Crippen LogP contribution in [0.25, 0.3) is 0 Å². The fourth-order valence-corrected chi connectivity index (χ4v) is 3.71. The van der Waals surface area contributed by atoms with E-state index in [1.807, 2.05) is 0 Å². The molecule has 0 N–H and O–H groups in total. The summed E-state index contributed by atoms with van der Waals surface area (Å²) >= 11 is 0. The van der Waals surface area contributed by atoms with Crippen molar-refractivity contribution in [3.63, 3.8) is 0 Å². The molecule has 1 unspecified atom stereocenters. The lowest BCUT2D eigenvalue weighted by atomic mass is 9.74. The summed E-state index contributed by atoms with van der Waals surface area (Å²) in [5, 5.41) is 0. The number of halogens is 2. The van der Waals surface area contributed by atoms with E-state index in [9.17, 15) is 13.6 Å². The van der Waals surface area contributed by atoms with E-state index in [4.69, 9.17) is 4.74 Å². The predicted octanol–water partition coefficient (Wildman–Crippen LogP) is 4.28. The maximum absolute atomic E-state index is 13.8. The highest BCUT2D eigenvalue weighted by atomic mass is 19.2. The second-order valence-corrected chi connectivity index (χ2v) is 6.25. The predicted molar refractivity (Wildman–Crippen MR) is 75.2 cm³/mol. The summed E-state index contributed by atoms with van der Waals surface area (Å²) in [7, 11) is 0. The van der Waals surface area contributed by atoms with Crippen LogP contribution in [-0.4, -0.2) is 18.0 Å². The number of Topliss-reactive ketones (excluding diaryl/α,β-unsaturated/α-hetero) is 1. The summed E-state index contributed by atoms with van der Waals surface area (Å²) in [5.41, 5.74) is -0.325. The summed E-state index contributed by atoms with van der Waals surface area (Å²) in [6.07, 6.45) is 6.63. The van der Waals surface area contributed by atoms with Gasteiger partial charge in [0.1, 0.15) is 0 Å². The van der Waals surface area contributed by atoms with Gasteiger partial charge in [-0.05, 0) is 37.8 Å². The molecule has 0 amide bonds. The fraction of sp³-hybridized carbons (Fsp3) is 0.588. The first-order chi connectivity index (χ1) is 10.1. The topological polar surface area (TPSA) is 26.3 Å². The lowest BCUT2D eigenvalue weighted by molar-refractivity contribution is -0.111. The largest absolute Gasteiger partial charge is 0.375 e. The van der Waals surface area contributed by atoms with Gasteiger partial charge in [0, 0.05) is 12.5 Å². The van der Waals surface area contributed by atoms with Gasteiger partial charge in [0.05, 0.1) is 11.2 Å².